The van der Waals surface area contributed by atoms with Crippen molar-refractivity contribution in [3.05, 3.63) is 12.7 Å². The Balaban J connectivity index is 2.68. The molecule has 1 aliphatic heterocycles. The monoisotopic (exact) mass is 124 g/mol. The van der Waals surface area contributed by atoms with Gasteiger partial charge in [-0.3, -0.25) is 4.74 Å². The highest BCUT2D eigenvalue weighted by atomic mass is 19.3. The first-order valence-corrected chi connectivity index (χ1v) is 1.92. The highest BCUT2D eigenvalue weighted by Gasteiger charge is 2.75. The molecule has 0 aromatic heterocycles. The van der Waals surface area contributed by atoms with Crippen LogP contribution in [0.5, 0.6) is 0 Å². The minimum atomic E-state index is -3.63. The predicted molar refractivity (Wildman–Crippen MR) is 20.1 cm³/mol. The van der Waals surface area contributed by atoms with Crippen LogP contribution in [-0.2, 0) is 4.74 Å². The van der Waals surface area contributed by atoms with Crippen LogP contribution in [0.15, 0.2) is 12.7 Å². The summed E-state index contributed by atoms with van der Waals surface area (Å²) in [6, 6.07) is 0. The number of epoxide rings is 1. The zero-order chi connectivity index (χ0) is 6.41. The molecule has 0 aliphatic carbocycles. The fourth-order valence-corrected chi connectivity index (χ4v) is 0.322. The molecule has 1 nitrogen and oxygen atoms in total. The molecule has 0 N–H and O–H groups in total. The van der Waals surface area contributed by atoms with Gasteiger partial charge in [0.1, 0.15) is 0 Å². The second kappa shape index (κ2) is 1.07. The van der Waals surface area contributed by atoms with Crippen molar-refractivity contribution in [2.24, 2.45) is 0 Å². The van der Waals surface area contributed by atoms with Crippen LogP contribution in [0.1, 0.15) is 0 Å². The van der Waals surface area contributed by atoms with Crippen molar-refractivity contribution < 1.29 is 17.9 Å². The fourth-order valence-electron chi connectivity index (χ4n) is 0.322. The van der Waals surface area contributed by atoms with Gasteiger partial charge in [0.15, 0.2) is 0 Å². The standard InChI is InChI=1S/C4H3F3O/c1-2-3(5)4(6,7)8-3/h2H,1H2. The van der Waals surface area contributed by atoms with E-state index in [0.717, 1.165) is 0 Å². The lowest BCUT2D eigenvalue weighted by Crippen LogP contribution is -2.06. The quantitative estimate of drug-likeness (QED) is 0.380. The van der Waals surface area contributed by atoms with Crippen molar-refractivity contribution >= 4 is 0 Å². The molecule has 1 saturated heterocycles. The summed E-state index contributed by atoms with van der Waals surface area (Å²) >= 11 is 0. The average Bonchev–Trinajstić information content (AvgIpc) is 2.10. The SMILES string of the molecule is C=CC1(F)OC1(F)F. The molecule has 0 aromatic carbocycles. The Labute approximate surface area is 43.7 Å². The average molecular weight is 124 g/mol. The van der Waals surface area contributed by atoms with Gasteiger partial charge in [-0.1, -0.05) is 6.58 Å². The maximum absolute atomic E-state index is 11.9. The minimum absolute atomic E-state index is 0.438. The zero-order valence-electron chi connectivity index (χ0n) is 3.83. The van der Waals surface area contributed by atoms with Gasteiger partial charge in [0, 0.05) is 0 Å². The van der Waals surface area contributed by atoms with E-state index in [1.54, 1.807) is 0 Å². The molecule has 1 unspecified atom stereocenters. The van der Waals surface area contributed by atoms with Gasteiger partial charge in [0.25, 0.3) is 0 Å². The van der Waals surface area contributed by atoms with E-state index < -0.39 is 12.0 Å². The number of rotatable bonds is 1. The normalized spacial score (nSPS) is 41.4. The molecule has 1 atom stereocenters. The molecule has 8 heavy (non-hydrogen) atoms. The highest BCUT2D eigenvalue weighted by molar-refractivity contribution is 5.06. The molecule has 1 fully saturated rings. The second-order valence-electron chi connectivity index (χ2n) is 1.47. The van der Waals surface area contributed by atoms with Crippen molar-refractivity contribution in [3.63, 3.8) is 0 Å². The van der Waals surface area contributed by atoms with Crippen molar-refractivity contribution in [2.45, 2.75) is 12.0 Å². The molecule has 46 valence electrons. The third-order valence-corrected chi connectivity index (χ3v) is 0.894. The van der Waals surface area contributed by atoms with Gasteiger partial charge in [0.2, 0.25) is 0 Å². The summed E-state index contributed by atoms with van der Waals surface area (Å²) in [6.45, 7) is 2.81. The van der Waals surface area contributed by atoms with Crippen LogP contribution in [0.25, 0.3) is 0 Å². The summed E-state index contributed by atoms with van der Waals surface area (Å²) in [7, 11) is 0. The smallest absolute Gasteiger partial charge is 0.267 e. The van der Waals surface area contributed by atoms with Crippen LogP contribution in [0, 0.1) is 0 Å². The van der Waals surface area contributed by atoms with Gasteiger partial charge in [-0.15, -0.1) is 0 Å². The Bertz CT molecular complexity index is 133. The molecule has 1 rings (SSSR count). The first-order valence-electron chi connectivity index (χ1n) is 1.92. The van der Waals surface area contributed by atoms with E-state index in [4.69, 9.17) is 0 Å². The first kappa shape index (κ1) is 5.62. The van der Waals surface area contributed by atoms with Gasteiger partial charge >= 0.3 is 12.0 Å². The van der Waals surface area contributed by atoms with E-state index in [1.165, 1.54) is 0 Å². The Hall–Kier alpha value is -0.510. The Morgan fingerprint density at radius 2 is 1.75 bits per heavy atom. The molecule has 0 amide bonds. The molecule has 4 heteroatoms. The van der Waals surface area contributed by atoms with Gasteiger partial charge in [-0.25, -0.2) is 0 Å². The molecule has 0 spiro atoms. The lowest BCUT2D eigenvalue weighted by molar-refractivity contribution is -0.000381. The van der Waals surface area contributed by atoms with Crippen molar-refractivity contribution in [2.75, 3.05) is 0 Å². The lowest BCUT2D eigenvalue weighted by atomic mass is 10.4. The number of halogens is 3. The molecular weight excluding hydrogens is 121 g/mol. The molecule has 0 bridgehead atoms. The van der Waals surface area contributed by atoms with E-state index in [2.05, 4.69) is 11.3 Å². The highest BCUT2D eigenvalue weighted by Crippen LogP contribution is 2.52. The van der Waals surface area contributed by atoms with E-state index in [1.807, 2.05) is 0 Å². The van der Waals surface area contributed by atoms with Gasteiger partial charge in [-0.2, -0.15) is 13.2 Å². The van der Waals surface area contributed by atoms with Crippen molar-refractivity contribution in [1.29, 1.82) is 0 Å². The van der Waals surface area contributed by atoms with Crippen LogP contribution in [-0.4, -0.2) is 12.0 Å². The van der Waals surface area contributed by atoms with Gasteiger partial charge in [-0.05, 0) is 6.08 Å². The molecule has 0 aromatic rings. The van der Waals surface area contributed by atoms with E-state index in [0.29, 0.717) is 6.08 Å². The largest absolute Gasteiger partial charge is 0.421 e. The molecule has 0 saturated carbocycles. The maximum Gasteiger partial charge on any atom is 0.421 e. The Morgan fingerprint density at radius 3 is 1.75 bits per heavy atom. The third kappa shape index (κ3) is 0.461. The van der Waals surface area contributed by atoms with Gasteiger partial charge in [0.05, 0.1) is 0 Å². The summed E-state index contributed by atoms with van der Waals surface area (Å²) < 4.78 is 38.3. The zero-order valence-corrected chi connectivity index (χ0v) is 3.83. The summed E-state index contributed by atoms with van der Waals surface area (Å²) in [6.07, 6.45) is -3.19. The number of hydrogen-bond acceptors (Lipinski definition) is 1. The molecular formula is C4H3F3O. The molecule has 0 radical (unpaired) electrons. The van der Waals surface area contributed by atoms with E-state index in [9.17, 15) is 13.2 Å². The topological polar surface area (TPSA) is 12.5 Å². The number of hydrogen-bond donors (Lipinski definition) is 0. The summed E-state index contributed by atoms with van der Waals surface area (Å²) in [4.78, 5) is 0. The number of ether oxygens (including phenoxy) is 1. The van der Waals surface area contributed by atoms with E-state index in [-0.39, 0.29) is 0 Å². The summed E-state index contributed by atoms with van der Waals surface area (Å²) in [5.41, 5.74) is 0. The van der Waals surface area contributed by atoms with E-state index >= 15 is 0 Å². The molecule has 1 heterocycles. The first-order chi connectivity index (χ1) is 3.52. The van der Waals surface area contributed by atoms with Gasteiger partial charge < -0.3 is 0 Å². The fraction of sp³-hybridized carbons (Fsp3) is 0.500. The second-order valence-corrected chi connectivity index (χ2v) is 1.47. The summed E-state index contributed by atoms with van der Waals surface area (Å²) in [5, 5.41) is 0. The van der Waals surface area contributed by atoms with Crippen LogP contribution in [0.2, 0.25) is 0 Å². The predicted octanol–water partition coefficient (Wildman–Crippen LogP) is 1.46. The van der Waals surface area contributed by atoms with Crippen LogP contribution in [0.3, 0.4) is 0 Å². The Morgan fingerprint density at radius 1 is 1.38 bits per heavy atom. The third-order valence-electron chi connectivity index (χ3n) is 0.894. The Kier molecular flexibility index (Phi) is 0.756. The number of alkyl halides is 3. The van der Waals surface area contributed by atoms with Crippen molar-refractivity contribution in [3.8, 4) is 0 Å². The van der Waals surface area contributed by atoms with Crippen LogP contribution < -0.4 is 0 Å². The minimum Gasteiger partial charge on any atom is -0.267 e. The van der Waals surface area contributed by atoms with Crippen LogP contribution in [0.4, 0.5) is 13.2 Å². The summed E-state index contributed by atoms with van der Waals surface area (Å²) in [5.74, 6) is -2.88. The lowest BCUT2D eigenvalue weighted by Gasteiger charge is -1.85. The maximum atomic E-state index is 11.9. The van der Waals surface area contributed by atoms with Crippen LogP contribution >= 0.6 is 0 Å². The van der Waals surface area contributed by atoms with Crippen molar-refractivity contribution in [1.82, 2.24) is 0 Å². The molecule has 1 aliphatic rings.